The normalized spacial score (nSPS) is 11.2. The first kappa shape index (κ1) is 16.4. The van der Waals surface area contributed by atoms with E-state index in [4.69, 9.17) is 23.2 Å². The third kappa shape index (κ3) is 2.69. The average molecular weight is 386 g/mol. The molecule has 3 aromatic carbocycles. The lowest BCUT2D eigenvalue weighted by atomic mass is 10.1. The van der Waals surface area contributed by atoms with Crippen LogP contribution in [0.2, 0.25) is 10.0 Å². The summed E-state index contributed by atoms with van der Waals surface area (Å²) in [5.74, 6) is -0.140. The molecule has 4 aromatic rings. The van der Waals surface area contributed by atoms with E-state index in [0.717, 1.165) is 26.5 Å². The van der Waals surface area contributed by atoms with E-state index in [1.54, 1.807) is 18.0 Å². The lowest BCUT2D eigenvalue weighted by molar-refractivity contribution is 0.0997. The Labute approximate surface area is 159 Å². The highest BCUT2D eigenvalue weighted by Crippen LogP contribution is 2.40. The zero-order chi connectivity index (χ0) is 17.6. The fraction of sp³-hybridized carbons (Fsp3) is 0.0500. The molecule has 25 heavy (non-hydrogen) atoms. The number of rotatable bonds is 2. The second-order valence-corrected chi connectivity index (χ2v) is 7.56. The fourth-order valence-corrected chi connectivity index (χ4v) is 4.90. The summed E-state index contributed by atoms with van der Waals surface area (Å²) in [6.45, 7) is 0. The van der Waals surface area contributed by atoms with Gasteiger partial charge in [0, 0.05) is 22.5 Å². The molecule has 0 radical (unpaired) electrons. The molecule has 0 N–H and O–H groups in total. The SMILES string of the molecule is CN(C(=O)c1sc2cccc(Cl)c2c1Cl)c1cccc2ccccc12. The molecule has 0 saturated heterocycles. The van der Waals surface area contributed by atoms with Gasteiger partial charge in [-0.3, -0.25) is 4.79 Å². The number of nitrogens with zero attached hydrogens (tertiary/aromatic N) is 1. The predicted octanol–water partition coefficient (Wildman–Crippen LogP) is 6.64. The van der Waals surface area contributed by atoms with E-state index in [-0.39, 0.29) is 5.91 Å². The van der Waals surface area contributed by atoms with Gasteiger partial charge in [0.15, 0.2) is 0 Å². The maximum atomic E-state index is 13.1. The molecule has 0 aliphatic rings. The highest BCUT2D eigenvalue weighted by atomic mass is 35.5. The Bertz CT molecular complexity index is 1110. The van der Waals surface area contributed by atoms with Gasteiger partial charge in [0.25, 0.3) is 5.91 Å². The highest BCUT2D eigenvalue weighted by Gasteiger charge is 2.23. The van der Waals surface area contributed by atoms with E-state index in [0.29, 0.717) is 14.9 Å². The summed E-state index contributed by atoms with van der Waals surface area (Å²) in [5.41, 5.74) is 0.850. The van der Waals surface area contributed by atoms with Gasteiger partial charge in [-0.15, -0.1) is 11.3 Å². The van der Waals surface area contributed by atoms with Crippen LogP contribution < -0.4 is 4.90 Å². The Kier molecular flexibility index (Phi) is 4.16. The number of fused-ring (bicyclic) bond motifs is 2. The van der Waals surface area contributed by atoms with Crippen LogP contribution in [0.15, 0.2) is 60.7 Å². The van der Waals surface area contributed by atoms with Crippen LogP contribution in [0.3, 0.4) is 0 Å². The minimum atomic E-state index is -0.140. The number of anilines is 1. The molecule has 0 unspecified atom stereocenters. The van der Waals surface area contributed by atoms with Crippen LogP contribution in [0.4, 0.5) is 5.69 Å². The zero-order valence-electron chi connectivity index (χ0n) is 13.3. The van der Waals surface area contributed by atoms with Crippen LogP contribution in [-0.2, 0) is 0 Å². The number of halogens is 2. The molecule has 1 amide bonds. The Morgan fingerprint density at radius 2 is 1.68 bits per heavy atom. The van der Waals surface area contributed by atoms with E-state index >= 15 is 0 Å². The van der Waals surface area contributed by atoms with Gasteiger partial charge in [0.05, 0.1) is 15.7 Å². The number of carbonyl (C=O) groups excluding carboxylic acids is 1. The lowest BCUT2D eigenvalue weighted by Crippen LogP contribution is -2.25. The summed E-state index contributed by atoms with van der Waals surface area (Å²) in [5, 5.41) is 3.83. The predicted molar refractivity (Wildman–Crippen MR) is 109 cm³/mol. The van der Waals surface area contributed by atoms with Gasteiger partial charge in [-0.2, -0.15) is 0 Å². The van der Waals surface area contributed by atoms with Gasteiger partial charge in [-0.05, 0) is 23.6 Å². The number of amides is 1. The van der Waals surface area contributed by atoms with Gasteiger partial charge < -0.3 is 4.90 Å². The number of benzene rings is 3. The summed E-state index contributed by atoms with van der Waals surface area (Å²) >= 11 is 14.1. The molecule has 0 aliphatic heterocycles. The average Bonchev–Trinajstić information content (AvgIpc) is 2.98. The van der Waals surface area contributed by atoms with Crippen molar-refractivity contribution in [3.63, 3.8) is 0 Å². The van der Waals surface area contributed by atoms with Crippen molar-refractivity contribution in [3.05, 3.63) is 75.6 Å². The quantitative estimate of drug-likeness (QED) is 0.378. The van der Waals surface area contributed by atoms with Gasteiger partial charge in [-0.25, -0.2) is 0 Å². The second kappa shape index (κ2) is 6.34. The summed E-state index contributed by atoms with van der Waals surface area (Å²) in [6.07, 6.45) is 0. The zero-order valence-corrected chi connectivity index (χ0v) is 15.6. The highest BCUT2D eigenvalue weighted by molar-refractivity contribution is 7.21. The Hall–Kier alpha value is -2.07. The molecule has 5 heteroatoms. The van der Waals surface area contributed by atoms with Crippen LogP contribution >= 0.6 is 34.5 Å². The van der Waals surface area contributed by atoms with Gasteiger partial charge in [0.2, 0.25) is 0 Å². The van der Waals surface area contributed by atoms with E-state index < -0.39 is 0 Å². The first-order valence-electron chi connectivity index (χ1n) is 7.70. The number of carbonyl (C=O) groups is 1. The minimum absolute atomic E-state index is 0.140. The molecule has 124 valence electrons. The van der Waals surface area contributed by atoms with Crippen molar-refractivity contribution in [1.29, 1.82) is 0 Å². The molecule has 0 saturated carbocycles. The first-order chi connectivity index (χ1) is 12.1. The van der Waals surface area contributed by atoms with E-state index in [2.05, 4.69) is 0 Å². The van der Waals surface area contributed by atoms with Gasteiger partial charge >= 0.3 is 0 Å². The van der Waals surface area contributed by atoms with E-state index in [1.165, 1.54) is 11.3 Å². The monoisotopic (exact) mass is 385 g/mol. The lowest BCUT2D eigenvalue weighted by Gasteiger charge is -2.19. The van der Waals surface area contributed by atoms with Crippen molar-refractivity contribution < 1.29 is 4.79 Å². The van der Waals surface area contributed by atoms with Gasteiger partial charge in [-0.1, -0.05) is 65.7 Å². The number of hydrogen-bond donors (Lipinski definition) is 0. The third-order valence-corrected chi connectivity index (χ3v) is 6.18. The molecule has 1 heterocycles. The summed E-state index contributed by atoms with van der Waals surface area (Å²) < 4.78 is 0.909. The smallest absolute Gasteiger partial charge is 0.269 e. The largest absolute Gasteiger partial charge is 0.310 e. The van der Waals surface area contributed by atoms with E-state index in [9.17, 15) is 4.79 Å². The van der Waals surface area contributed by atoms with Crippen molar-refractivity contribution in [3.8, 4) is 0 Å². The van der Waals surface area contributed by atoms with Crippen molar-refractivity contribution in [2.75, 3.05) is 11.9 Å². The molecule has 0 fully saturated rings. The molecule has 0 aliphatic carbocycles. The standard InChI is InChI=1S/C20H13Cl2NOS/c1-23(15-10-4-7-12-6-2-3-8-13(12)15)20(24)19-18(22)17-14(21)9-5-11-16(17)25-19/h2-11H,1H3. The molecule has 0 bridgehead atoms. The van der Waals surface area contributed by atoms with Crippen LogP contribution in [0, 0.1) is 0 Å². The van der Waals surface area contributed by atoms with Crippen LogP contribution in [0.5, 0.6) is 0 Å². The van der Waals surface area contributed by atoms with Crippen LogP contribution in [-0.4, -0.2) is 13.0 Å². The Morgan fingerprint density at radius 1 is 0.960 bits per heavy atom. The molecule has 0 spiro atoms. The molecular formula is C20H13Cl2NOS. The van der Waals surface area contributed by atoms with Crippen LogP contribution in [0.25, 0.3) is 20.9 Å². The Balaban J connectivity index is 1.83. The fourth-order valence-electron chi connectivity index (χ4n) is 2.97. The summed E-state index contributed by atoms with van der Waals surface area (Å²) in [6, 6.07) is 19.5. The molecular weight excluding hydrogens is 373 g/mol. The van der Waals surface area contributed by atoms with Gasteiger partial charge in [0.1, 0.15) is 4.88 Å². The first-order valence-corrected chi connectivity index (χ1v) is 9.27. The van der Waals surface area contributed by atoms with Crippen LogP contribution in [0.1, 0.15) is 9.67 Å². The minimum Gasteiger partial charge on any atom is -0.310 e. The van der Waals surface area contributed by atoms with Crippen molar-refractivity contribution in [2.45, 2.75) is 0 Å². The molecule has 0 atom stereocenters. The molecule has 1 aromatic heterocycles. The molecule has 4 rings (SSSR count). The third-order valence-electron chi connectivity index (χ3n) is 4.23. The second-order valence-electron chi connectivity index (χ2n) is 5.72. The van der Waals surface area contributed by atoms with Crippen molar-refractivity contribution in [2.24, 2.45) is 0 Å². The van der Waals surface area contributed by atoms with Crippen molar-refractivity contribution >= 4 is 67.0 Å². The van der Waals surface area contributed by atoms with E-state index in [1.807, 2.05) is 54.6 Å². The van der Waals surface area contributed by atoms with Crippen molar-refractivity contribution in [1.82, 2.24) is 0 Å². The summed E-state index contributed by atoms with van der Waals surface area (Å²) in [7, 11) is 1.77. The topological polar surface area (TPSA) is 20.3 Å². The maximum Gasteiger partial charge on any atom is 0.269 e. The number of thiophene rings is 1. The number of hydrogen-bond acceptors (Lipinski definition) is 2. The molecule has 2 nitrogen and oxygen atoms in total. The summed E-state index contributed by atoms with van der Waals surface area (Å²) in [4.78, 5) is 15.2. The maximum absolute atomic E-state index is 13.1. The Morgan fingerprint density at radius 3 is 2.48 bits per heavy atom.